The van der Waals surface area contributed by atoms with Crippen LogP contribution < -0.4 is 5.32 Å². The van der Waals surface area contributed by atoms with E-state index in [-0.39, 0.29) is 11.6 Å². The number of amides is 1. The third kappa shape index (κ3) is 3.94. The summed E-state index contributed by atoms with van der Waals surface area (Å²) in [6.45, 7) is 0.829. The first-order chi connectivity index (χ1) is 13.7. The smallest absolute Gasteiger partial charge is 0.276 e. The summed E-state index contributed by atoms with van der Waals surface area (Å²) in [4.78, 5) is 16.8. The van der Waals surface area contributed by atoms with Gasteiger partial charge in [-0.3, -0.25) is 9.78 Å². The van der Waals surface area contributed by atoms with Gasteiger partial charge in [0.2, 0.25) is 0 Å². The zero-order valence-corrected chi connectivity index (χ0v) is 15.6. The first kappa shape index (κ1) is 17.9. The van der Waals surface area contributed by atoms with Gasteiger partial charge in [0, 0.05) is 36.4 Å². The van der Waals surface area contributed by atoms with Gasteiger partial charge in [0.25, 0.3) is 5.91 Å². The lowest BCUT2D eigenvalue weighted by molar-refractivity contribution is 0.0946. The molecular formula is C20H17ClN6O. The minimum atomic E-state index is -0.296. The van der Waals surface area contributed by atoms with Crippen LogP contribution in [0.5, 0.6) is 0 Å². The molecule has 28 heavy (non-hydrogen) atoms. The lowest BCUT2D eigenvalue weighted by Crippen LogP contribution is -2.25. The molecule has 0 aliphatic heterocycles. The number of pyridine rings is 1. The van der Waals surface area contributed by atoms with E-state index in [0.29, 0.717) is 23.9 Å². The summed E-state index contributed by atoms with van der Waals surface area (Å²) in [7, 11) is 0. The number of hydrogen-bond acceptors (Lipinski definition) is 4. The predicted octanol–water partition coefficient (Wildman–Crippen LogP) is 3.10. The molecule has 0 spiro atoms. The lowest BCUT2D eigenvalue weighted by atomic mass is 10.2. The van der Waals surface area contributed by atoms with Crippen molar-refractivity contribution in [2.24, 2.45) is 0 Å². The highest BCUT2D eigenvalue weighted by atomic mass is 35.5. The summed E-state index contributed by atoms with van der Waals surface area (Å²) >= 11 is 5.96. The quantitative estimate of drug-likeness (QED) is 0.547. The highest BCUT2D eigenvalue weighted by molar-refractivity contribution is 6.30. The fourth-order valence-corrected chi connectivity index (χ4v) is 2.95. The summed E-state index contributed by atoms with van der Waals surface area (Å²) in [5.41, 5.74) is 2.17. The summed E-state index contributed by atoms with van der Waals surface area (Å²) < 4.78 is 3.52. The first-order valence-corrected chi connectivity index (χ1v) is 9.07. The Balaban J connectivity index is 1.61. The molecule has 7 nitrogen and oxygen atoms in total. The van der Waals surface area contributed by atoms with Gasteiger partial charge >= 0.3 is 0 Å². The molecular weight excluding hydrogens is 376 g/mol. The van der Waals surface area contributed by atoms with Crippen LogP contribution in [-0.2, 0) is 13.1 Å². The normalized spacial score (nSPS) is 10.8. The molecule has 0 saturated carbocycles. The van der Waals surface area contributed by atoms with Crippen LogP contribution in [0.25, 0.3) is 5.82 Å². The van der Waals surface area contributed by atoms with Crippen LogP contribution >= 0.6 is 11.6 Å². The van der Waals surface area contributed by atoms with Gasteiger partial charge in [-0.05, 0) is 41.5 Å². The van der Waals surface area contributed by atoms with Crippen LogP contribution in [0.2, 0.25) is 5.02 Å². The van der Waals surface area contributed by atoms with E-state index in [1.807, 2.05) is 65.5 Å². The molecule has 4 aromatic rings. The summed E-state index contributed by atoms with van der Waals surface area (Å²) in [5, 5.41) is 11.9. The molecule has 0 aliphatic rings. The second-order valence-electron chi connectivity index (χ2n) is 6.18. The summed E-state index contributed by atoms with van der Waals surface area (Å²) in [6.07, 6.45) is 7.12. The molecule has 1 aromatic carbocycles. The van der Waals surface area contributed by atoms with Crippen LogP contribution in [0, 0.1) is 0 Å². The monoisotopic (exact) mass is 392 g/mol. The maximum atomic E-state index is 12.8. The Morgan fingerprint density at radius 2 is 1.82 bits per heavy atom. The average molecular weight is 393 g/mol. The number of benzene rings is 1. The molecule has 0 saturated heterocycles. The summed E-state index contributed by atoms with van der Waals surface area (Å²) in [5.74, 6) is 0.304. The number of rotatable bonds is 6. The van der Waals surface area contributed by atoms with Crippen molar-refractivity contribution in [2.45, 2.75) is 13.1 Å². The molecule has 0 fully saturated rings. The topological polar surface area (TPSA) is 77.6 Å². The third-order valence-corrected chi connectivity index (χ3v) is 4.45. The predicted molar refractivity (Wildman–Crippen MR) is 105 cm³/mol. The van der Waals surface area contributed by atoms with E-state index in [1.165, 1.54) is 0 Å². The van der Waals surface area contributed by atoms with Crippen molar-refractivity contribution in [1.29, 1.82) is 0 Å². The molecule has 8 heteroatoms. The Morgan fingerprint density at radius 3 is 2.54 bits per heavy atom. The Morgan fingerprint density at radius 1 is 1.04 bits per heavy atom. The van der Waals surface area contributed by atoms with E-state index in [0.717, 1.165) is 11.1 Å². The van der Waals surface area contributed by atoms with E-state index in [1.54, 1.807) is 17.1 Å². The maximum absolute atomic E-state index is 12.8. The van der Waals surface area contributed by atoms with Crippen molar-refractivity contribution in [1.82, 2.24) is 29.9 Å². The van der Waals surface area contributed by atoms with Crippen molar-refractivity contribution in [2.75, 3.05) is 0 Å². The zero-order valence-electron chi connectivity index (χ0n) is 14.9. The van der Waals surface area contributed by atoms with Gasteiger partial charge in [0.15, 0.2) is 11.5 Å². The Labute approximate surface area is 166 Å². The van der Waals surface area contributed by atoms with Crippen LogP contribution in [-0.4, -0.2) is 30.5 Å². The second kappa shape index (κ2) is 8.06. The highest BCUT2D eigenvalue weighted by Crippen LogP contribution is 2.16. The molecule has 0 aliphatic carbocycles. The number of aromatic nitrogens is 5. The molecule has 3 heterocycles. The molecule has 3 aromatic heterocycles. The second-order valence-corrected chi connectivity index (χ2v) is 6.62. The molecule has 0 atom stereocenters. The lowest BCUT2D eigenvalue weighted by Gasteiger charge is -2.10. The fraction of sp³-hybridized carbons (Fsp3) is 0.100. The standard InChI is InChI=1S/C20H17ClN6O/c21-17-7-5-15(6-8-17)14-27-20(26-10-1-2-11-26)18(24-25-27)19(28)23-13-16-4-3-9-22-12-16/h1-12H,13-14H2,(H,23,28). The number of nitrogens with one attached hydrogen (secondary N) is 1. The Hall–Kier alpha value is -3.45. The first-order valence-electron chi connectivity index (χ1n) is 8.69. The van der Waals surface area contributed by atoms with E-state index < -0.39 is 0 Å². The number of carbonyl (C=O) groups excluding carboxylic acids is 1. The van der Waals surface area contributed by atoms with Gasteiger partial charge < -0.3 is 9.88 Å². The van der Waals surface area contributed by atoms with Crippen LogP contribution in [0.15, 0.2) is 73.3 Å². The molecule has 0 unspecified atom stereocenters. The van der Waals surface area contributed by atoms with Gasteiger partial charge in [0.1, 0.15) is 0 Å². The van der Waals surface area contributed by atoms with Gasteiger partial charge in [-0.2, -0.15) is 0 Å². The van der Waals surface area contributed by atoms with Crippen LogP contribution in [0.4, 0.5) is 0 Å². The van der Waals surface area contributed by atoms with E-state index >= 15 is 0 Å². The molecule has 1 N–H and O–H groups in total. The third-order valence-electron chi connectivity index (χ3n) is 4.19. The minimum Gasteiger partial charge on any atom is -0.346 e. The molecule has 0 radical (unpaired) electrons. The Kier molecular flexibility index (Phi) is 5.16. The van der Waals surface area contributed by atoms with Crippen molar-refractivity contribution >= 4 is 17.5 Å². The largest absolute Gasteiger partial charge is 0.346 e. The molecule has 0 bridgehead atoms. The van der Waals surface area contributed by atoms with Crippen LogP contribution in [0.1, 0.15) is 21.6 Å². The number of carbonyl (C=O) groups is 1. The highest BCUT2D eigenvalue weighted by Gasteiger charge is 2.21. The van der Waals surface area contributed by atoms with Crippen LogP contribution in [0.3, 0.4) is 0 Å². The molecule has 4 rings (SSSR count). The Bertz CT molecular complexity index is 1060. The van der Waals surface area contributed by atoms with Gasteiger partial charge in [-0.25, -0.2) is 4.68 Å². The fourth-order valence-electron chi connectivity index (χ4n) is 2.82. The molecule has 140 valence electrons. The zero-order chi connectivity index (χ0) is 19.3. The van der Waals surface area contributed by atoms with E-state index in [2.05, 4.69) is 20.6 Å². The number of halogens is 1. The van der Waals surface area contributed by atoms with Crippen molar-refractivity contribution in [3.63, 3.8) is 0 Å². The van der Waals surface area contributed by atoms with Gasteiger partial charge in [-0.1, -0.05) is 35.0 Å². The maximum Gasteiger partial charge on any atom is 0.276 e. The summed E-state index contributed by atoms with van der Waals surface area (Å²) in [6, 6.07) is 15.0. The van der Waals surface area contributed by atoms with Gasteiger partial charge in [0.05, 0.1) is 6.54 Å². The van der Waals surface area contributed by atoms with Crippen molar-refractivity contribution in [3.8, 4) is 5.82 Å². The van der Waals surface area contributed by atoms with Crippen molar-refractivity contribution in [3.05, 3.63) is 95.2 Å². The number of hydrogen-bond donors (Lipinski definition) is 1. The average Bonchev–Trinajstić information content (AvgIpc) is 3.38. The number of nitrogens with zero attached hydrogens (tertiary/aromatic N) is 5. The van der Waals surface area contributed by atoms with E-state index in [4.69, 9.17) is 11.6 Å². The van der Waals surface area contributed by atoms with Gasteiger partial charge in [-0.15, -0.1) is 5.10 Å². The SMILES string of the molecule is O=C(NCc1cccnc1)c1nnn(Cc2ccc(Cl)cc2)c1-n1cccc1. The van der Waals surface area contributed by atoms with Crippen molar-refractivity contribution < 1.29 is 4.79 Å². The van der Waals surface area contributed by atoms with E-state index in [9.17, 15) is 4.79 Å². The minimum absolute atomic E-state index is 0.258. The molecule has 1 amide bonds.